The molecule has 0 spiro atoms. The number of benzene rings is 3. The summed E-state index contributed by atoms with van der Waals surface area (Å²) in [6.45, 7) is 4.45. The Kier molecular flexibility index (Phi) is 8.80. The molecule has 5 rings (SSSR count). The van der Waals surface area contributed by atoms with Crippen molar-refractivity contribution >= 4 is 10.0 Å². The summed E-state index contributed by atoms with van der Waals surface area (Å²) in [6.07, 6.45) is 6.00. The number of hydrogen-bond donors (Lipinski definition) is 1. The minimum Gasteiger partial charge on any atom is -0.443 e. The Morgan fingerprint density at radius 2 is 1.74 bits per heavy atom. The lowest BCUT2D eigenvalue weighted by molar-refractivity contribution is -0.152. The molecule has 1 aliphatic rings. The first-order valence-electron chi connectivity index (χ1n) is 13.7. The molecule has 1 aliphatic heterocycles. The molecular weight excluding hydrogens is 552 g/mol. The molecule has 2 heterocycles. The maximum absolute atomic E-state index is 11.7. The lowest BCUT2D eigenvalue weighted by atomic mass is 9.81. The molecule has 1 fully saturated rings. The molecule has 4 aromatic rings. The van der Waals surface area contributed by atoms with Crippen molar-refractivity contribution in [1.82, 2.24) is 4.98 Å². The Morgan fingerprint density at radius 1 is 1.02 bits per heavy atom. The van der Waals surface area contributed by atoms with Crippen molar-refractivity contribution in [2.75, 3.05) is 7.11 Å². The smallest absolute Gasteiger partial charge is 0.238 e. The molecule has 9 heteroatoms. The van der Waals surface area contributed by atoms with Crippen molar-refractivity contribution in [1.29, 1.82) is 0 Å². The molecule has 8 nitrogen and oxygen atoms in total. The summed E-state index contributed by atoms with van der Waals surface area (Å²) < 4.78 is 47.0. The van der Waals surface area contributed by atoms with Gasteiger partial charge in [-0.05, 0) is 66.8 Å². The monoisotopic (exact) mass is 586 g/mol. The lowest BCUT2D eigenvalue weighted by Crippen LogP contribution is -2.42. The van der Waals surface area contributed by atoms with Crippen LogP contribution in [0, 0.1) is 12.0 Å². The van der Waals surface area contributed by atoms with Gasteiger partial charge in [0.2, 0.25) is 10.0 Å². The van der Waals surface area contributed by atoms with Crippen LogP contribution in [0.2, 0.25) is 0 Å². The molecule has 0 amide bonds. The Labute approximate surface area is 246 Å². The van der Waals surface area contributed by atoms with Crippen LogP contribution in [0.5, 0.6) is 0 Å². The van der Waals surface area contributed by atoms with E-state index < -0.39 is 21.5 Å². The molecule has 0 radical (unpaired) electrons. The zero-order chi connectivity index (χ0) is 29.7. The van der Waals surface area contributed by atoms with E-state index in [1.165, 1.54) is 18.5 Å². The molecule has 218 valence electrons. The number of nitrogens with two attached hydrogens (primary N) is 1. The van der Waals surface area contributed by atoms with Gasteiger partial charge in [0.05, 0.1) is 28.6 Å². The number of hydrogen-bond acceptors (Lipinski definition) is 7. The maximum atomic E-state index is 11.7. The molecule has 3 aromatic carbocycles. The van der Waals surface area contributed by atoms with E-state index in [2.05, 4.69) is 43.0 Å². The molecule has 42 heavy (non-hydrogen) atoms. The van der Waals surface area contributed by atoms with E-state index in [-0.39, 0.29) is 17.1 Å². The highest BCUT2D eigenvalue weighted by atomic mass is 32.2. The molecular formula is C33H34N2O6S. The maximum Gasteiger partial charge on any atom is 0.238 e. The molecule has 0 bridgehead atoms. The van der Waals surface area contributed by atoms with Crippen LogP contribution in [0.4, 0.5) is 0 Å². The van der Waals surface area contributed by atoms with Gasteiger partial charge in [-0.25, -0.2) is 18.5 Å². The van der Waals surface area contributed by atoms with Crippen molar-refractivity contribution in [3.8, 4) is 23.4 Å². The zero-order valence-electron chi connectivity index (χ0n) is 23.8. The van der Waals surface area contributed by atoms with Gasteiger partial charge in [0, 0.05) is 25.5 Å². The van der Waals surface area contributed by atoms with Crippen molar-refractivity contribution in [2.24, 2.45) is 5.14 Å². The fourth-order valence-electron chi connectivity index (χ4n) is 5.62. The van der Waals surface area contributed by atoms with E-state index >= 15 is 0 Å². The van der Waals surface area contributed by atoms with Crippen LogP contribution in [0.25, 0.3) is 11.3 Å². The second-order valence-electron chi connectivity index (χ2n) is 10.6. The average molecular weight is 587 g/mol. The number of primary sulfonamides is 1. The molecule has 1 saturated heterocycles. The standard InChI is InChI=1S/C33H34N2O6S/c1-23-19-33(38-3,20-24(2)41-23)28-11-7-8-25(18-28)21-39-17-16-30(26-9-5-4-6-10-26)31-32(40-22-35-31)27-12-14-29(15-13-27)42(34,36)37/h4-15,18,22-24,30H,19-21H2,1-3H3,(H2,34,36,37). The van der Waals surface area contributed by atoms with Gasteiger partial charge in [0.1, 0.15) is 18.4 Å². The van der Waals surface area contributed by atoms with Gasteiger partial charge in [-0.3, -0.25) is 0 Å². The largest absolute Gasteiger partial charge is 0.443 e. The molecule has 2 N–H and O–H groups in total. The number of methoxy groups -OCH3 is 1. The number of ether oxygens (including phenoxy) is 3. The van der Waals surface area contributed by atoms with E-state index in [9.17, 15) is 8.42 Å². The first kappa shape index (κ1) is 29.5. The van der Waals surface area contributed by atoms with Gasteiger partial charge in [-0.2, -0.15) is 0 Å². The van der Waals surface area contributed by atoms with Crippen molar-refractivity contribution in [3.05, 3.63) is 108 Å². The van der Waals surface area contributed by atoms with Crippen molar-refractivity contribution < 1.29 is 27.0 Å². The Morgan fingerprint density at radius 3 is 2.40 bits per heavy atom. The number of nitrogens with zero attached hydrogens (tertiary/aromatic N) is 1. The van der Waals surface area contributed by atoms with Crippen LogP contribution < -0.4 is 5.14 Å². The number of rotatable bonds is 8. The highest BCUT2D eigenvalue weighted by molar-refractivity contribution is 7.89. The second-order valence-corrected chi connectivity index (χ2v) is 12.1. The van der Waals surface area contributed by atoms with Gasteiger partial charge < -0.3 is 18.6 Å². The molecule has 3 unspecified atom stereocenters. The highest BCUT2D eigenvalue weighted by Gasteiger charge is 2.40. The average Bonchev–Trinajstić information content (AvgIpc) is 3.46. The summed E-state index contributed by atoms with van der Waals surface area (Å²) in [5.41, 5.74) is 3.83. The molecule has 0 aliphatic carbocycles. The Balaban J connectivity index is 1.38. The van der Waals surface area contributed by atoms with Crippen molar-refractivity contribution in [3.63, 3.8) is 0 Å². The number of aromatic nitrogens is 1. The van der Waals surface area contributed by atoms with Gasteiger partial charge in [-0.1, -0.05) is 48.5 Å². The van der Waals surface area contributed by atoms with Crippen LogP contribution >= 0.6 is 0 Å². The fourth-order valence-corrected chi connectivity index (χ4v) is 6.13. The number of sulfonamides is 1. The third-order valence-electron chi connectivity index (χ3n) is 7.50. The minimum absolute atomic E-state index is 0.0152. The van der Waals surface area contributed by atoms with Crippen molar-refractivity contribution in [2.45, 2.75) is 61.9 Å². The minimum atomic E-state index is -3.81. The van der Waals surface area contributed by atoms with E-state index in [0.29, 0.717) is 23.6 Å². The normalized spacial score (nSPS) is 21.2. The molecule has 1 aromatic heterocycles. The van der Waals surface area contributed by atoms with Crippen LogP contribution in [-0.2, 0) is 36.4 Å². The van der Waals surface area contributed by atoms with Gasteiger partial charge >= 0.3 is 0 Å². The summed E-state index contributed by atoms with van der Waals surface area (Å²) >= 11 is 0. The Bertz CT molecular complexity index is 1660. The summed E-state index contributed by atoms with van der Waals surface area (Å²) in [7, 11) is -2.05. The summed E-state index contributed by atoms with van der Waals surface area (Å²) in [5, 5.41) is 5.25. The van der Waals surface area contributed by atoms with E-state index in [1.807, 2.05) is 42.5 Å². The van der Waals surface area contributed by atoms with Crippen LogP contribution in [0.3, 0.4) is 0 Å². The number of oxazole rings is 1. The van der Waals surface area contributed by atoms with Gasteiger partial charge in [0.25, 0.3) is 0 Å². The quantitative estimate of drug-likeness (QED) is 0.262. The molecule has 0 saturated carbocycles. The van der Waals surface area contributed by atoms with E-state index in [1.54, 1.807) is 19.2 Å². The summed E-state index contributed by atoms with van der Waals surface area (Å²) in [6, 6.07) is 24.1. The molecule has 3 atom stereocenters. The Hall–Kier alpha value is -3.94. The van der Waals surface area contributed by atoms with Gasteiger partial charge in [-0.15, -0.1) is 0 Å². The topological polar surface area (TPSA) is 114 Å². The lowest BCUT2D eigenvalue weighted by Gasteiger charge is -2.42. The first-order chi connectivity index (χ1) is 20.2. The second kappa shape index (κ2) is 12.5. The fraction of sp³-hybridized carbons (Fsp3) is 0.303. The van der Waals surface area contributed by atoms with Crippen LogP contribution in [0.15, 0.2) is 94.6 Å². The summed E-state index contributed by atoms with van der Waals surface area (Å²) in [4.78, 5) is 4.49. The third kappa shape index (κ3) is 6.58. The van der Waals surface area contributed by atoms with Gasteiger partial charge in [0.15, 0.2) is 12.2 Å². The predicted molar refractivity (Wildman–Crippen MR) is 159 cm³/mol. The third-order valence-corrected chi connectivity index (χ3v) is 8.43. The zero-order valence-corrected chi connectivity index (χ0v) is 24.6. The summed E-state index contributed by atoms with van der Waals surface area (Å²) in [5.74, 6) is 3.24. The first-order valence-corrected chi connectivity index (χ1v) is 15.3. The highest BCUT2D eigenvalue weighted by Crippen LogP contribution is 2.40. The van der Waals surface area contributed by atoms with E-state index in [0.717, 1.165) is 29.5 Å². The van der Waals surface area contributed by atoms with Crippen LogP contribution in [-0.4, -0.2) is 32.7 Å². The van der Waals surface area contributed by atoms with E-state index in [4.69, 9.17) is 23.8 Å². The SMILES string of the molecule is COC1(c2cccc(COC#CC(c3ccccc3)c3ncoc3-c3ccc(S(N)(=O)=O)cc3)c2)CC(C)OC(C)C1. The van der Waals surface area contributed by atoms with Crippen LogP contribution in [0.1, 0.15) is 55.0 Å². The predicted octanol–water partition coefficient (Wildman–Crippen LogP) is 5.73.